The summed E-state index contributed by atoms with van der Waals surface area (Å²) in [5, 5.41) is 10.2. The molecule has 1 aromatic carbocycles. The summed E-state index contributed by atoms with van der Waals surface area (Å²) in [4.78, 5) is 11.9. The number of nitrogens with one attached hydrogen (secondary N) is 2. The van der Waals surface area contributed by atoms with Crippen molar-refractivity contribution in [2.24, 2.45) is 4.99 Å². The molecule has 0 amide bonds. The van der Waals surface area contributed by atoms with Crippen molar-refractivity contribution >= 4 is 41.3 Å². The lowest BCUT2D eigenvalue weighted by Gasteiger charge is -2.29. The molecular weight excluding hydrogens is 509 g/mol. The maximum absolute atomic E-state index is 5.32. The zero-order valence-corrected chi connectivity index (χ0v) is 21.3. The van der Waals surface area contributed by atoms with Gasteiger partial charge in [-0.25, -0.2) is 9.98 Å². The predicted molar refractivity (Wildman–Crippen MR) is 136 cm³/mol. The molecule has 30 heavy (non-hydrogen) atoms. The summed E-state index contributed by atoms with van der Waals surface area (Å²) in [6, 6.07) is 8.76. The molecule has 2 N–H and O–H groups in total. The molecule has 3 rings (SSSR count). The molecule has 1 unspecified atom stereocenters. The van der Waals surface area contributed by atoms with Gasteiger partial charge in [0.15, 0.2) is 5.96 Å². The molecule has 0 spiro atoms. The molecule has 0 aliphatic carbocycles. The van der Waals surface area contributed by atoms with E-state index in [4.69, 9.17) is 9.73 Å². The van der Waals surface area contributed by atoms with E-state index < -0.39 is 0 Å². The zero-order valence-electron chi connectivity index (χ0n) is 18.2. The first-order valence-electron chi connectivity index (χ1n) is 10.6. The second kappa shape index (κ2) is 13.1. The van der Waals surface area contributed by atoms with Crippen LogP contribution in [-0.4, -0.2) is 49.1 Å². The van der Waals surface area contributed by atoms with Crippen LogP contribution in [0.4, 0.5) is 0 Å². The summed E-state index contributed by atoms with van der Waals surface area (Å²) in [6.07, 6.45) is 3.51. The lowest BCUT2D eigenvalue weighted by molar-refractivity contribution is 0.245. The van der Waals surface area contributed by atoms with Crippen molar-refractivity contribution in [3.63, 3.8) is 0 Å². The lowest BCUT2D eigenvalue weighted by Crippen LogP contribution is -2.42. The third kappa shape index (κ3) is 7.09. The standard InChI is InChI=1S/C22H33N5OS.HI/c1-4-21-26-18(16-29-21)14-24-22(23-5-2)25-15-20(27-12-6-7-13-27)17-8-10-19(28-3)11-9-17;/h8-11,16,20H,4-7,12-15H2,1-3H3,(H2,23,24,25);1H. The number of thiazole rings is 1. The highest BCUT2D eigenvalue weighted by Crippen LogP contribution is 2.26. The van der Waals surface area contributed by atoms with Crippen LogP contribution in [0.2, 0.25) is 0 Å². The number of ether oxygens (including phenoxy) is 1. The maximum Gasteiger partial charge on any atom is 0.191 e. The molecule has 1 aliphatic heterocycles. The van der Waals surface area contributed by atoms with Crippen molar-refractivity contribution < 1.29 is 4.74 Å². The quantitative estimate of drug-likeness (QED) is 0.282. The minimum Gasteiger partial charge on any atom is -0.497 e. The minimum absolute atomic E-state index is 0. The highest BCUT2D eigenvalue weighted by Gasteiger charge is 2.23. The Morgan fingerprint density at radius 2 is 1.93 bits per heavy atom. The summed E-state index contributed by atoms with van der Waals surface area (Å²) in [6.45, 7) is 8.76. The summed E-state index contributed by atoms with van der Waals surface area (Å²) < 4.78 is 5.32. The second-order valence-corrected chi connectivity index (χ2v) is 8.14. The van der Waals surface area contributed by atoms with Crippen molar-refractivity contribution in [2.45, 2.75) is 45.7 Å². The van der Waals surface area contributed by atoms with Crippen molar-refractivity contribution in [1.82, 2.24) is 20.5 Å². The summed E-state index contributed by atoms with van der Waals surface area (Å²) >= 11 is 1.71. The Hall–Kier alpha value is -1.39. The molecule has 0 radical (unpaired) electrons. The number of guanidine groups is 1. The Kier molecular flexibility index (Phi) is 10.9. The van der Waals surface area contributed by atoms with E-state index in [1.807, 2.05) is 12.1 Å². The molecule has 1 aromatic heterocycles. The smallest absolute Gasteiger partial charge is 0.191 e. The molecule has 1 atom stereocenters. The Bertz CT molecular complexity index is 774. The van der Waals surface area contributed by atoms with E-state index in [2.05, 4.69) is 51.9 Å². The predicted octanol–water partition coefficient (Wildman–Crippen LogP) is 4.22. The number of hydrogen-bond acceptors (Lipinski definition) is 5. The number of aromatic nitrogens is 1. The Labute approximate surface area is 201 Å². The van der Waals surface area contributed by atoms with Crippen LogP contribution >= 0.6 is 35.3 Å². The monoisotopic (exact) mass is 543 g/mol. The fraction of sp³-hybridized carbons (Fsp3) is 0.545. The van der Waals surface area contributed by atoms with Crippen molar-refractivity contribution in [3.05, 3.63) is 45.9 Å². The first-order chi connectivity index (χ1) is 14.2. The molecule has 8 heteroatoms. The number of halogens is 1. The largest absolute Gasteiger partial charge is 0.497 e. The first-order valence-corrected chi connectivity index (χ1v) is 11.4. The van der Waals surface area contributed by atoms with Gasteiger partial charge in [-0.3, -0.25) is 4.90 Å². The molecular formula is C22H34IN5OS. The van der Waals surface area contributed by atoms with Crippen molar-refractivity contribution in [2.75, 3.05) is 33.3 Å². The Morgan fingerprint density at radius 1 is 1.20 bits per heavy atom. The van der Waals surface area contributed by atoms with Crippen LogP contribution in [0.15, 0.2) is 34.6 Å². The van der Waals surface area contributed by atoms with Crippen molar-refractivity contribution in [3.8, 4) is 5.75 Å². The number of aryl methyl sites for hydroxylation is 1. The number of likely N-dealkylation sites (tertiary alicyclic amines) is 1. The van der Waals surface area contributed by atoms with E-state index >= 15 is 0 Å². The van der Waals surface area contributed by atoms with E-state index in [9.17, 15) is 0 Å². The van der Waals surface area contributed by atoms with Crippen LogP contribution in [-0.2, 0) is 13.0 Å². The van der Waals surface area contributed by atoms with Gasteiger partial charge in [-0.1, -0.05) is 19.1 Å². The number of nitrogens with zero attached hydrogens (tertiary/aromatic N) is 3. The number of hydrogen-bond donors (Lipinski definition) is 2. The van der Waals surface area contributed by atoms with Gasteiger partial charge >= 0.3 is 0 Å². The molecule has 166 valence electrons. The highest BCUT2D eigenvalue weighted by atomic mass is 127. The van der Waals surface area contributed by atoms with Gasteiger partial charge < -0.3 is 15.4 Å². The normalized spacial score (nSPS) is 15.5. The maximum atomic E-state index is 5.32. The van der Waals surface area contributed by atoms with Gasteiger partial charge in [0, 0.05) is 18.5 Å². The first kappa shape index (κ1) is 24.9. The van der Waals surface area contributed by atoms with Crippen LogP contribution in [0.1, 0.15) is 49.0 Å². The van der Waals surface area contributed by atoms with Crippen LogP contribution in [0, 0.1) is 0 Å². The second-order valence-electron chi connectivity index (χ2n) is 7.19. The third-order valence-corrected chi connectivity index (χ3v) is 6.23. The number of benzene rings is 1. The van der Waals surface area contributed by atoms with E-state index in [1.165, 1.54) is 23.4 Å². The summed E-state index contributed by atoms with van der Waals surface area (Å²) in [7, 11) is 1.71. The van der Waals surface area contributed by atoms with E-state index in [-0.39, 0.29) is 24.0 Å². The van der Waals surface area contributed by atoms with Gasteiger partial charge in [0.1, 0.15) is 5.75 Å². The number of aliphatic imine (C=N–C) groups is 1. The fourth-order valence-corrected chi connectivity index (χ4v) is 4.35. The minimum atomic E-state index is 0. The molecule has 0 bridgehead atoms. The van der Waals surface area contributed by atoms with Gasteiger partial charge in [-0.2, -0.15) is 0 Å². The molecule has 1 fully saturated rings. The summed E-state index contributed by atoms with van der Waals surface area (Å²) in [5.41, 5.74) is 2.35. The fourth-order valence-electron chi connectivity index (χ4n) is 3.62. The Morgan fingerprint density at radius 3 is 2.53 bits per heavy atom. The van der Waals surface area contributed by atoms with Gasteiger partial charge in [-0.15, -0.1) is 35.3 Å². The van der Waals surface area contributed by atoms with Gasteiger partial charge in [0.2, 0.25) is 0 Å². The SMILES string of the molecule is CCNC(=NCc1csc(CC)n1)NCC(c1ccc(OC)cc1)N1CCCC1.I. The third-order valence-electron chi connectivity index (χ3n) is 5.19. The highest BCUT2D eigenvalue weighted by molar-refractivity contribution is 14.0. The molecule has 1 saturated heterocycles. The van der Waals surface area contributed by atoms with E-state index in [0.717, 1.165) is 50.0 Å². The molecule has 0 saturated carbocycles. The van der Waals surface area contributed by atoms with Crippen LogP contribution in [0.3, 0.4) is 0 Å². The van der Waals surface area contributed by atoms with Gasteiger partial charge in [0.05, 0.1) is 30.4 Å². The average molecular weight is 544 g/mol. The van der Waals surface area contributed by atoms with Crippen LogP contribution < -0.4 is 15.4 Å². The lowest BCUT2D eigenvalue weighted by atomic mass is 10.1. The van der Waals surface area contributed by atoms with Gasteiger partial charge in [0.25, 0.3) is 0 Å². The van der Waals surface area contributed by atoms with Gasteiger partial charge in [-0.05, 0) is 57.0 Å². The molecule has 2 aromatic rings. The molecule has 6 nitrogen and oxygen atoms in total. The number of methoxy groups -OCH3 is 1. The Balaban J connectivity index is 0.00000320. The average Bonchev–Trinajstić information content (AvgIpc) is 3.44. The van der Waals surface area contributed by atoms with E-state index in [0.29, 0.717) is 12.6 Å². The molecule has 1 aliphatic rings. The number of rotatable bonds is 9. The zero-order chi connectivity index (χ0) is 20.5. The summed E-state index contributed by atoms with van der Waals surface area (Å²) in [5.74, 6) is 1.74. The molecule has 2 heterocycles. The van der Waals surface area contributed by atoms with Crippen LogP contribution in [0.25, 0.3) is 0 Å². The van der Waals surface area contributed by atoms with Crippen molar-refractivity contribution in [1.29, 1.82) is 0 Å². The van der Waals surface area contributed by atoms with E-state index in [1.54, 1.807) is 18.4 Å². The topological polar surface area (TPSA) is 61.8 Å². The van der Waals surface area contributed by atoms with Crippen LogP contribution in [0.5, 0.6) is 5.75 Å².